The molecule has 0 aliphatic heterocycles. The maximum atomic E-state index is 10.2. The Kier molecular flexibility index (Phi) is 5.07. The second kappa shape index (κ2) is 8.22. The van der Waals surface area contributed by atoms with Crippen molar-refractivity contribution < 1.29 is 34.1 Å². The van der Waals surface area contributed by atoms with Crippen LogP contribution in [-0.4, -0.2) is 25.2 Å². The lowest BCUT2D eigenvalue weighted by molar-refractivity contribution is 0.403. The van der Waals surface area contributed by atoms with Crippen LogP contribution in [0.3, 0.4) is 0 Å². The fraction of sp³-hybridized carbons (Fsp3) is 0. The van der Waals surface area contributed by atoms with E-state index in [1.807, 2.05) is 12.1 Å². The molecule has 0 fully saturated rings. The van der Waals surface area contributed by atoms with E-state index in [2.05, 4.69) is 0 Å². The molecule has 0 aliphatic carbocycles. The van der Waals surface area contributed by atoms with Crippen molar-refractivity contribution in [3.05, 3.63) is 88.7 Å². The first-order valence-corrected chi connectivity index (χ1v) is 10.3. The molecule has 0 saturated heterocycles. The van der Waals surface area contributed by atoms with Crippen LogP contribution >= 0.6 is 0 Å². The molecule has 2 heterocycles. The number of aromatic hydroxyl groups is 4. The molecule has 3 aromatic carbocycles. The minimum atomic E-state index is -0.222. The Labute approximate surface area is 192 Å². The summed E-state index contributed by atoms with van der Waals surface area (Å²) in [4.78, 5) is 10.2. The highest BCUT2D eigenvalue weighted by Crippen LogP contribution is 2.31. The van der Waals surface area contributed by atoms with Crippen LogP contribution in [0, 0.1) is 0 Å². The lowest BCUT2D eigenvalue weighted by Gasteiger charge is -2.07. The summed E-state index contributed by atoms with van der Waals surface area (Å²) in [5.74, 6) is 0.149. The number of phenolic OH excluding ortho intramolecular Hbond substituents is 4. The summed E-state index contributed by atoms with van der Waals surface area (Å²) in [7, 11) is 0. The van der Waals surface area contributed by atoms with E-state index in [0.717, 1.165) is 5.39 Å². The Morgan fingerprint density at radius 3 is 1.47 bits per heavy atom. The standard InChI is InChI=1S/C27H18O7/c28-18-13-25-27-17(11-19(33-25)5-1-15-3-7-21(29)23(31)9-15)12-20(34-26(27)14-18)6-2-16-4-8-22(30)24(32)10-16/h1-14,29-32H/p+1/b5-1+,6-2+. The maximum Gasteiger partial charge on any atom is 0.347 e. The van der Waals surface area contributed by atoms with E-state index in [-0.39, 0.29) is 28.4 Å². The average molecular weight is 455 g/mol. The zero-order valence-corrected chi connectivity index (χ0v) is 17.6. The van der Waals surface area contributed by atoms with E-state index in [0.29, 0.717) is 39.2 Å². The summed E-state index contributed by atoms with van der Waals surface area (Å²) in [5.41, 5.74) is 2.17. The van der Waals surface area contributed by atoms with E-state index in [1.54, 1.807) is 36.4 Å². The molecule has 7 nitrogen and oxygen atoms in total. The fourth-order valence-corrected chi connectivity index (χ4v) is 3.64. The highest BCUT2D eigenvalue weighted by Gasteiger charge is 2.12. The molecule has 0 atom stereocenters. The normalized spacial score (nSPS) is 11.9. The smallest absolute Gasteiger partial charge is 0.347 e. The summed E-state index contributed by atoms with van der Waals surface area (Å²) in [6, 6.07) is 15.6. The van der Waals surface area contributed by atoms with E-state index in [1.165, 1.54) is 36.4 Å². The van der Waals surface area contributed by atoms with Gasteiger partial charge in [0.25, 0.3) is 0 Å². The van der Waals surface area contributed by atoms with Crippen LogP contribution in [0.1, 0.15) is 22.6 Å². The van der Waals surface area contributed by atoms with Gasteiger partial charge in [-0.3, -0.25) is 4.79 Å². The van der Waals surface area contributed by atoms with Gasteiger partial charge in [-0.25, -0.2) is 0 Å². The third kappa shape index (κ3) is 4.10. The van der Waals surface area contributed by atoms with Crippen molar-refractivity contribution in [1.82, 2.24) is 0 Å². The molecule has 168 valence electrons. The molecule has 34 heavy (non-hydrogen) atoms. The first-order chi connectivity index (χ1) is 16.4. The van der Waals surface area contributed by atoms with Crippen molar-refractivity contribution in [3.63, 3.8) is 0 Å². The predicted molar refractivity (Wildman–Crippen MR) is 128 cm³/mol. The Morgan fingerprint density at radius 1 is 0.559 bits per heavy atom. The monoisotopic (exact) mass is 455 g/mol. The van der Waals surface area contributed by atoms with Crippen LogP contribution in [0.15, 0.2) is 69.5 Å². The van der Waals surface area contributed by atoms with Crippen LogP contribution in [-0.2, 0) is 0 Å². The number of hydrogen-bond acceptors (Lipinski definition) is 6. The molecule has 0 aliphatic rings. The molecule has 0 spiro atoms. The number of hydrogen-bond donors (Lipinski definition) is 4. The lowest BCUT2D eigenvalue weighted by atomic mass is 10.1. The third-order valence-corrected chi connectivity index (χ3v) is 5.27. The summed E-state index contributed by atoms with van der Waals surface area (Å²) in [5, 5.41) is 39.9. The van der Waals surface area contributed by atoms with E-state index in [4.69, 9.17) is 8.83 Å². The van der Waals surface area contributed by atoms with Gasteiger partial charge in [0, 0.05) is 0 Å². The van der Waals surface area contributed by atoms with Crippen molar-refractivity contribution in [2.75, 3.05) is 0 Å². The zero-order chi connectivity index (χ0) is 23.8. The fourth-order valence-electron chi connectivity index (χ4n) is 3.64. The lowest BCUT2D eigenvalue weighted by Crippen LogP contribution is -1.99. The number of phenols is 4. The molecular weight excluding hydrogens is 436 g/mol. The van der Waals surface area contributed by atoms with Gasteiger partial charge < -0.3 is 29.3 Å². The molecular formula is C27H19O7+. The summed E-state index contributed by atoms with van der Waals surface area (Å²) >= 11 is 0. The summed E-state index contributed by atoms with van der Waals surface area (Å²) in [6.07, 6.45) is 6.87. The molecule has 0 amide bonds. The van der Waals surface area contributed by atoms with Gasteiger partial charge in [0.15, 0.2) is 23.0 Å². The molecule has 0 radical (unpaired) electrons. The van der Waals surface area contributed by atoms with Crippen LogP contribution in [0.2, 0.25) is 0 Å². The van der Waals surface area contributed by atoms with Crippen LogP contribution < -0.4 is 5.43 Å². The third-order valence-electron chi connectivity index (χ3n) is 5.27. The van der Waals surface area contributed by atoms with Gasteiger partial charge in [-0.05, 0) is 65.1 Å². The van der Waals surface area contributed by atoms with Gasteiger partial charge in [-0.2, -0.15) is 0 Å². The highest BCUT2D eigenvalue weighted by molar-refractivity contribution is 6.06. The maximum absolute atomic E-state index is 10.2. The Balaban J connectivity index is 1.58. The van der Waals surface area contributed by atoms with E-state index < -0.39 is 0 Å². The van der Waals surface area contributed by atoms with Gasteiger partial charge in [-0.1, -0.05) is 24.3 Å². The minimum absolute atomic E-state index is 0.0181. The second-order valence-corrected chi connectivity index (χ2v) is 7.73. The van der Waals surface area contributed by atoms with Gasteiger partial charge in [0.2, 0.25) is 0 Å². The SMILES string of the molecule is Oc1ccc(/C=C/c2cc3cc(/C=C/c4ccc(O)c(O)c4)oc4cc(=[OH+])cc(o2)c34)cc1O. The minimum Gasteiger partial charge on any atom is -0.504 e. The van der Waals surface area contributed by atoms with Crippen molar-refractivity contribution in [2.45, 2.75) is 0 Å². The number of rotatable bonds is 4. The topological polar surface area (TPSA) is 129 Å². The predicted octanol–water partition coefficient (Wildman–Crippen LogP) is 5.35. The molecule has 7 heteroatoms. The molecule has 0 unspecified atom stereocenters. The van der Waals surface area contributed by atoms with E-state index >= 15 is 0 Å². The Morgan fingerprint density at radius 2 is 1.03 bits per heavy atom. The van der Waals surface area contributed by atoms with Crippen molar-refractivity contribution in [1.29, 1.82) is 0 Å². The van der Waals surface area contributed by atoms with Crippen LogP contribution in [0.5, 0.6) is 23.0 Å². The van der Waals surface area contributed by atoms with E-state index in [9.17, 15) is 25.2 Å². The van der Waals surface area contributed by atoms with Crippen molar-refractivity contribution >= 4 is 46.2 Å². The molecule has 0 saturated carbocycles. The van der Waals surface area contributed by atoms with Gasteiger partial charge in [-0.15, -0.1) is 0 Å². The first-order valence-electron chi connectivity index (χ1n) is 10.3. The van der Waals surface area contributed by atoms with Crippen LogP contribution in [0.4, 0.5) is 0 Å². The van der Waals surface area contributed by atoms with Crippen molar-refractivity contribution in [2.24, 2.45) is 0 Å². The Hall–Kier alpha value is -4.91. The molecule has 5 rings (SSSR count). The second-order valence-electron chi connectivity index (χ2n) is 7.73. The first kappa shape index (κ1) is 21.0. The van der Waals surface area contributed by atoms with Crippen molar-refractivity contribution in [3.8, 4) is 23.0 Å². The van der Waals surface area contributed by atoms with Crippen LogP contribution in [0.25, 0.3) is 46.2 Å². The molecule has 2 aromatic heterocycles. The molecule has 5 aromatic rings. The van der Waals surface area contributed by atoms with Gasteiger partial charge in [0.05, 0.1) is 17.5 Å². The van der Waals surface area contributed by atoms with Gasteiger partial charge >= 0.3 is 5.43 Å². The quantitative estimate of drug-likeness (QED) is 0.214. The molecule has 5 N–H and O–H groups in total. The largest absolute Gasteiger partial charge is 0.504 e. The summed E-state index contributed by atoms with van der Waals surface area (Å²) < 4.78 is 11.9. The summed E-state index contributed by atoms with van der Waals surface area (Å²) in [6.45, 7) is 0. The van der Waals surface area contributed by atoms with Gasteiger partial charge in [0.1, 0.15) is 22.7 Å². The molecule has 0 bridgehead atoms. The Bertz CT molecular complexity index is 1550. The highest BCUT2D eigenvalue weighted by atomic mass is 16.3. The average Bonchev–Trinajstić information content (AvgIpc) is 2.80. The number of benzene rings is 3. The zero-order valence-electron chi connectivity index (χ0n) is 17.6.